The quantitative estimate of drug-likeness (QED) is 0.633. The van der Waals surface area contributed by atoms with Crippen LogP contribution in [0.3, 0.4) is 0 Å². The molecule has 1 aromatic heterocycles. The molecule has 154 valence electrons. The van der Waals surface area contributed by atoms with Gasteiger partial charge in [-0.15, -0.1) is 11.3 Å². The van der Waals surface area contributed by atoms with E-state index in [2.05, 4.69) is 9.82 Å². The van der Waals surface area contributed by atoms with E-state index in [-0.39, 0.29) is 16.8 Å². The van der Waals surface area contributed by atoms with Gasteiger partial charge in [-0.25, -0.2) is 13.4 Å². The van der Waals surface area contributed by atoms with Crippen LogP contribution in [-0.4, -0.2) is 25.0 Å². The van der Waals surface area contributed by atoms with Crippen LogP contribution >= 0.6 is 11.3 Å². The molecule has 1 unspecified atom stereocenters. The number of sulfonamides is 1. The summed E-state index contributed by atoms with van der Waals surface area (Å²) in [5, 5.41) is 8.03. The molecule has 1 aliphatic rings. The second-order valence-corrected chi connectivity index (χ2v) is 9.80. The summed E-state index contributed by atoms with van der Waals surface area (Å²) in [5.74, 6) is -0.106. The standard InChI is InChI=1S/C22H21N3O3S2/c1-15-5-11-19(12-6-15)30(27,28)24-18-9-7-17(8-10-18)20-14-21(22-4-3-13-29-22)25(23-20)16(2)26/h3-13,21,24H,14H2,1-2H3. The van der Waals surface area contributed by atoms with Gasteiger partial charge in [-0.3, -0.25) is 9.52 Å². The van der Waals surface area contributed by atoms with Crippen LogP contribution in [0.1, 0.15) is 35.4 Å². The summed E-state index contributed by atoms with van der Waals surface area (Å²) in [7, 11) is -3.65. The molecule has 0 aliphatic carbocycles. The van der Waals surface area contributed by atoms with Crippen molar-refractivity contribution < 1.29 is 13.2 Å². The van der Waals surface area contributed by atoms with Gasteiger partial charge in [-0.1, -0.05) is 35.9 Å². The highest BCUT2D eigenvalue weighted by molar-refractivity contribution is 7.92. The summed E-state index contributed by atoms with van der Waals surface area (Å²) in [6, 6.07) is 17.6. The van der Waals surface area contributed by atoms with E-state index in [0.717, 1.165) is 21.7 Å². The number of hydrogen-bond acceptors (Lipinski definition) is 5. The van der Waals surface area contributed by atoms with Crippen LogP contribution in [0.15, 0.2) is 76.0 Å². The second kappa shape index (κ2) is 8.04. The van der Waals surface area contributed by atoms with Gasteiger partial charge in [0.1, 0.15) is 0 Å². The van der Waals surface area contributed by atoms with E-state index in [1.54, 1.807) is 47.7 Å². The van der Waals surface area contributed by atoms with E-state index < -0.39 is 10.0 Å². The van der Waals surface area contributed by atoms with Crippen molar-refractivity contribution in [1.29, 1.82) is 0 Å². The van der Waals surface area contributed by atoms with Gasteiger partial charge in [0, 0.05) is 23.9 Å². The lowest BCUT2D eigenvalue weighted by atomic mass is 10.0. The number of hydrazone groups is 1. The molecule has 1 N–H and O–H groups in total. The molecule has 1 aliphatic heterocycles. The number of rotatable bonds is 5. The fourth-order valence-electron chi connectivity index (χ4n) is 3.34. The molecule has 0 radical (unpaired) electrons. The van der Waals surface area contributed by atoms with Crippen molar-refractivity contribution in [2.45, 2.75) is 31.2 Å². The average Bonchev–Trinajstić information content (AvgIpc) is 3.38. The minimum absolute atomic E-state index is 0.0998. The number of nitrogens with zero attached hydrogens (tertiary/aromatic N) is 2. The van der Waals surface area contributed by atoms with E-state index in [1.807, 2.05) is 36.6 Å². The molecule has 6 nitrogen and oxygen atoms in total. The zero-order valence-corrected chi connectivity index (χ0v) is 18.2. The number of carbonyl (C=O) groups excluding carboxylic acids is 1. The first-order chi connectivity index (χ1) is 14.3. The van der Waals surface area contributed by atoms with Gasteiger partial charge in [0.25, 0.3) is 10.0 Å². The summed E-state index contributed by atoms with van der Waals surface area (Å²) in [5.41, 5.74) is 3.13. The minimum atomic E-state index is -3.65. The molecular formula is C22H21N3O3S2. The molecule has 30 heavy (non-hydrogen) atoms. The van der Waals surface area contributed by atoms with Crippen molar-refractivity contribution in [2.75, 3.05) is 4.72 Å². The molecule has 8 heteroatoms. The summed E-state index contributed by atoms with van der Waals surface area (Å²) in [6.07, 6.45) is 0.620. The number of carbonyl (C=O) groups is 1. The predicted molar refractivity (Wildman–Crippen MR) is 119 cm³/mol. The predicted octanol–water partition coefficient (Wildman–Crippen LogP) is 4.55. The van der Waals surface area contributed by atoms with Gasteiger partial charge in [-0.2, -0.15) is 5.10 Å². The van der Waals surface area contributed by atoms with Gasteiger partial charge in [0.05, 0.1) is 16.6 Å². The summed E-state index contributed by atoms with van der Waals surface area (Å²) in [6.45, 7) is 3.42. The Morgan fingerprint density at radius 1 is 1.10 bits per heavy atom. The van der Waals surface area contributed by atoms with E-state index in [1.165, 1.54) is 11.9 Å². The molecular weight excluding hydrogens is 418 g/mol. The van der Waals surface area contributed by atoms with Gasteiger partial charge in [-0.05, 0) is 48.2 Å². The molecule has 0 fully saturated rings. The Labute approximate surface area is 179 Å². The van der Waals surface area contributed by atoms with Crippen LogP contribution < -0.4 is 4.72 Å². The first-order valence-corrected chi connectivity index (χ1v) is 11.8. The van der Waals surface area contributed by atoms with E-state index >= 15 is 0 Å². The highest BCUT2D eigenvalue weighted by atomic mass is 32.2. The van der Waals surface area contributed by atoms with Crippen LogP contribution in [0.2, 0.25) is 0 Å². The number of thiophene rings is 1. The maximum Gasteiger partial charge on any atom is 0.261 e. The fourth-order valence-corrected chi connectivity index (χ4v) is 5.21. The molecule has 4 rings (SSSR count). The normalized spacial score (nSPS) is 16.4. The molecule has 0 spiro atoms. The van der Waals surface area contributed by atoms with Crippen molar-refractivity contribution in [3.63, 3.8) is 0 Å². The highest BCUT2D eigenvalue weighted by Crippen LogP contribution is 2.35. The largest absolute Gasteiger partial charge is 0.280 e. The molecule has 2 heterocycles. The number of amides is 1. The molecule has 0 saturated heterocycles. The van der Waals surface area contributed by atoms with Gasteiger partial charge >= 0.3 is 0 Å². The van der Waals surface area contributed by atoms with E-state index in [0.29, 0.717) is 12.1 Å². The summed E-state index contributed by atoms with van der Waals surface area (Å²) < 4.78 is 27.7. The first-order valence-electron chi connectivity index (χ1n) is 9.44. The fraction of sp³-hybridized carbons (Fsp3) is 0.182. The molecule has 2 aromatic carbocycles. The van der Waals surface area contributed by atoms with Crippen LogP contribution in [0, 0.1) is 6.92 Å². The van der Waals surface area contributed by atoms with Crippen LogP contribution in [0.5, 0.6) is 0 Å². The number of nitrogens with one attached hydrogen (secondary N) is 1. The topological polar surface area (TPSA) is 78.8 Å². The zero-order chi connectivity index (χ0) is 21.3. The lowest BCUT2D eigenvalue weighted by Crippen LogP contribution is -2.23. The van der Waals surface area contributed by atoms with E-state index in [9.17, 15) is 13.2 Å². The highest BCUT2D eigenvalue weighted by Gasteiger charge is 2.31. The Hall–Kier alpha value is -2.97. The third kappa shape index (κ3) is 4.15. The average molecular weight is 440 g/mol. The van der Waals surface area contributed by atoms with Gasteiger partial charge in [0.2, 0.25) is 5.91 Å². The zero-order valence-electron chi connectivity index (χ0n) is 16.6. The van der Waals surface area contributed by atoms with Crippen LogP contribution in [0.25, 0.3) is 0 Å². The van der Waals surface area contributed by atoms with Crippen LogP contribution in [0.4, 0.5) is 5.69 Å². The SMILES string of the molecule is CC(=O)N1N=C(c2ccc(NS(=O)(=O)c3ccc(C)cc3)cc2)CC1c1cccs1. The lowest BCUT2D eigenvalue weighted by molar-refractivity contribution is -0.130. The molecule has 0 saturated carbocycles. The van der Waals surface area contributed by atoms with Crippen molar-refractivity contribution >= 4 is 38.7 Å². The van der Waals surface area contributed by atoms with Gasteiger partial charge < -0.3 is 0 Å². The summed E-state index contributed by atoms with van der Waals surface area (Å²) >= 11 is 1.60. The maximum absolute atomic E-state index is 12.6. The maximum atomic E-state index is 12.6. The monoisotopic (exact) mass is 439 g/mol. The second-order valence-electron chi connectivity index (χ2n) is 7.14. The molecule has 1 amide bonds. The minimum Gasteiger partial charge on any atom is -0.280 e. The summed E-state index contributed by atoms with van der Waals surface area (Å²) in [4.78, 5) is 13.3. The first kappa shape index (κ1) is 20.3. The molecule has 1 atom stereocenters. The number of anilines is 1. The van der Waals surface area contributed by atoms with Crippen molar-refractivity contribution in [3.8, 4) is 0 Å². The Kier molecular flexibility index (Phi) is 5.44. The Bertz CT molecular complexity index is 1180. The van der Waals surface area contributed by atoms with Crippen molar-refractivity contribution in [1.82, 2.24) is 5.01 Å². The van der Waals surface area contributed by atoms with Crippen molar-refractivity contribution in [2.24, 2.45) is 5.10 Å². The Balaban J connectivity index is 1.53. The molecule has 3 aromatic rings. The van der Waals surface area contributed by atoms with Crippen LogP contribution in [-0.2, 0) is 14.8 Å². The third-order valence-corrected chi connectivity index (χ3v) is 7.28. The number of aryl methyl sites for hydroxylation is 1. The van der Waals surface area contributed by atoms with Gasteiger partial charge in [0.15, 0.2) is 0 Å². The van der Waals surface area contributed by atoms with E-state index in [4.69, 9.17) is 0 Å². The Morgan fingerprint density at radius 2 is 1.80 bits per heavy atom. The smallest absolute Gasteiger partial charge is 0.261 e. The molecule has 0 bridgehead atoms. The third-order valence-electron chi connectivity index (χ3n) is 4.91. The number of benzene rings is 2. The number of hydrogen-bond donors (Lipinski definition) is 1. The van der Waals surface area contributed by atoms with Crippen molar-refractivity contribution in [3.05, 3.63) is 82.0 Å². The lowest BCUT2D eigenvalue weighted by Gasteiger charge is -2.18. The Morgan fingerprint density at radius 3 is 2.40 bits per heavy atom.